The maximum absolute atomic E-state index is 11.0. The van der Waals surface area contributed by atoms with Gasteiger partial charge in [0.2, 0.25) is 0 Å². The number of nitrogens with zero attached hydrogens (tertiary/aromatic N) is 1. The van der Waals surface area contributed by atoms with E-state index >= 15 is 0 Å². The van der Waals surface area contributed by atoms with Crippen LogP contribution in [-0.2, 0) is 0 Å². The van der Waals surface area contributed by atoms with E-state index in [1.165, 1.54) is 44.9 Å². The largest absolute Gasteiger partial charge is 0.391 e. The molecule has 4 aliphatic carbocycles. The van der Waals surface area contributed by atoms with Crippen molar-refractivity contribution >= 4 is 0 Å². The van der Waals surface area contributed by atoms with E-state index in [1.807, 2.05) is 13.8 Å². The molecule has 2 N–H and O–H groups in total. The molecule has 3 nitrogen and oxygen atoms in total. The molecule has 0 saturated heterocycles. The molecule has 0 radical (unpaired) electrons. The quantitative estimate of drug-likeness (QED) is 0.446. The molecule has 4 fully saturated rings. The van der Waals surface area contributed by atoms with E-state index in [1.54, 1.807) is 0 Å². The van der Waals surface area contributed by atoms with Crippen LogP contribution < -0.4 is 0 Å². The van der Waals surface area contributed by atoms with Crippen LogP contribution in [0.25, 0.3) is 0 Å². The van der Waals surface area contributed by atoms with E-state index < -0.39 is 17.1 Å². The van der Waals surface area contributed by atoms with Crippen molar-refractivity contribution < 1.29 is 10.2 Å². The molecule has 0 unspecified atom stereocenters. The van der Waals surface area contributed by atoms with Gasteiger partial charge in [-0.3, -0.25) is 0 Å². The van der Waals surface area contributed by atoms with Gasteiger partial charge < -0.3 is 10.2 Å². The van der Waals surface area contributed by atoms with E-state index in [-0.39, 0.29) is 0 Å². The minimum Gasteiger partial charge on any atom is -0.391 e. The van der Waals surface area contributed by atoms with Crippen LogP contribution in [0.2, 0.25) is 0 Å². The summed E-state index contributed by atoms with van der Waals surface area (Å²) in [5, 5.41) is 31.0. The van der Waals surface area contributed by atoms with Gasteiger partial charge in [-0.05, 0) is 137 Å². The first-order chi connectivity index (χ1) is 15.4. The van der Waals surface area contributed by atoms with Crippen LogP contribution in [0.15, 0.2) is 0 Å². The fourth-order valence-corrected chi connectivity index (χ4v) is 9.68. The summed E-state index contributed by atoms with van der Waals surface area (Å²) < 4.78 is 0. The Kier molecular flexibility index (Phi) is 6.81. The third kappa shape index (κ3) is 4.20. The summed E-state index contributed by atoms with van der Waals surface area (Å²) in [4.78, 5) is 0. The van der Waals surface area contributed by atoms with Crippen molar-refractivity contribution in [3.8, 4) is 6.07 Å². The monoisotopic (exact) mass is 457 g/mol. The predicted octanol–water partition coefficient (Wildman–Crippen LogP) is 7.11. The molecule has 10 atom stereocenters. The maximum Gasteiger partial charge on any atom is 0.0776 e. The topological polar surface area (TPSA) is 64.2 Å². The first kappa shape index (κ1) is 25.5. The Morgan fingerprint density at radius 3 is 2.33 bits per heavy atom. The summed E-state index contributed by atoms with van der Waals surface area (Å²) in [6.07, 6.45) is 13.6. The van der Waals surface area contributed by atoms with E-state index in [9.17, 15) is 15.5 Å². The molecule has 4 rings (SSSR count). The number of rotatable bonds is 6. The molecule has 0 bridgehead atoms. The van der Waals surface area contributed by atoms with Crippen LogP contribution in [0.3, 0.4) is 0 Å². The van der Waals surface area contributed by atoms with Crippen LogP contribution in [0.1, 0.15) is 119 Å². The number of nitriles is 1. The standard InChI is InChI=1S/C30H51NO2/c1-7-30(33)17-16-28(5)21(18-30)9-10-22-24-12-11-23(29(24,6)15-14-25(22)28)20(2)8-13-26(32)27(3,4)19-31/h20-26,32-33H,7-18H2,1-6H3/t20-,21+,22+,23-,24+,25+,26+,28+,29-,30+/m1/s1. The van der Waals surface area contributed by atoms with Gasteiger partial charge in [-0.15, -0.1) is 0 Å². The highest BCUT2D eigenvalue weighted by molar-refractivity contribution is 5.11. The molecule has 3 heteroatoms. The van der Waals surface area contributed by atoms with Gasteiger partial charge in [0.25, 0.3) is 0 Å². The molecule has 4 saturated carbocycles. The third-order valence-electron chi connectivity index (χ3n) is 12.3. The summed E-state index contributed by atoms with van der Waals surface area (Å²) in [5.74, 6) is 4.66. The van der Waals surface area contributed by atoms with Gasteiger partial charge in [0.1, 0.15) is 0 Å². The Morgan fingerprint density at radius 1 is 0.970 bits per heavy atom. The number of hydrogen-bond donors (Lipinski definition) is 2. The Labute approximate surface area is 203 Å². The van der Waals surface area contributed by atoms with E-state index in [4.69, 9.17) is 0 Å². The van der Waals surface area contributed by atoms with Crippen LogP contribution in [0, 0.1) is 63.1 Å². The molecule has 33 heavy (non-hydrogen) atoms. The molecule has 4 aliphatic rings. The summed E-state index contributed by atoms with van der Waals surface area (Å²) in [7, 11) is 0. The first-order valence-electron chi connectivity index (χ1n) is 14.2. The normalized spacial score (nSPS) is 47.1. The number of aliphatic hydroxyl groups excluding tert-OH is 1. The summed E-state index contributed by atoms with van der Waals surface area (Å²) in [5.41, 5.74) is -0.183. The second-order valence-electron chi connectivity index (χ2n) is 14.1. The molecular formula is C30H51NO2. The van der Waals surface area contributed by atoms with Crippen LogP contribution in [-0.4, -0.2) is 21.9 Å². The van der Waals surface area contributed by atoms with Gasteiger partial charge in [-0.1, -0.05) is 27.7 Å². The average Bonchev–Trinajstić information content (AvgIpc) is 3.15. The van der Waals surface area contributed by atoms with Crippen LogP contribution in [0.4, 0.5) is 0 Å². The van der Waals surface area contributed by atoms with Gasteiger partial charge in [-0.2, -0.15) is 5.26 Å². The molecule has 0 heterocycles. The van der Waals surface area contributed by atoms with Crippen molar-refractivity contribution in [2.45, 2.75) is 130 Å². The zero-order valence-corrected chi connectivity index (χ0v) is 22.4. The molecule has 0 amide bonds. The van der Waals surface area contributed by atoms with Crippen molar-refractivity contribution in [2.75, 3.05) is 0 Å². The van der Waals surface area contributed by atoms with Crippen molar-refractivity contribution in [3.63, 3.8) is 0 Å². The molecule has 0 aromatic heterocycles. The van der Waals surface area contributed by atoms with E-state index in [2.05, 4.69) is 33.8 Å². The molecular weight excluding hydrogens is 406 g/mol. The van der Waals surface area contributed by atoms with Crippen molar-refractivity contribution in [2.24, 2.45) is 51.8 Å². The Bertz CT molecular complexity index is 757. The zero-order chi connectivity index (χ0) is 24.2. The van der Waals surface area contributed by atoms with Crippen LogP contribution in [0.5, 0.6) is 0 Å². The lowest BCUT2D eigenvalue weighted by Gasteiger charge is -2.62. The highest BCUT2D eigenvalue weighted by Crippen LogP contribution is 2.69. The maximum atomic E-state index is 11.0. The van der Waals surface area contributed by atoms with Crippen LogP contribution >= 0.6 is 0 Å². The lowest BCUT2D eigenvalue weighted by atomic mass is 9.43. The lowest BCUT2D eigenvalue weighted by molar-refractivity contribution is -0.152. The van der Waals surface area contributed by atoms with Gasteiger partial charge >= 0.3 is 0 Å². The number of fused-ring (bicyclic) bond motifs is 5. The molecule has 188 valence electrons. The van der Waals surface area contributed by atoms with Crippen molar-refractivity contribution in [1.82, 2.24) is 0 Å². The Balaban J connectivity index is 1.44. The first-order valence-corrected chi connectivity index (χ1v) is 14.2. The second kappa shape index (κ2) is 8.81. The fourth-order valence-electron chi connectivity index (χ4n) is 9.68. The summed E-state index contributed by atoms with van der Waals surface area (Å²) in [6, 6.07) is 2.29. The van der Waals surface area contributed by atoms with E-state index in [0.717, 1.165) is 55.8 Å². The molecule has 0 spiro atoms. The van der Waals surface area contributed by atoms with Gasteiger partial charge in [0.15, 0.2) is 0 Å². The fraction of sp³-hybridized carbons (Fsp3) is 0.967. The lowest BCUT2D eigenvalue weighted by Crippen LogP contribution is -2.56. The average molecular weight is 458 g/mol. The van der Waals surface area contributed by atoms with Gasteiger partial charge in [0, 0.05) is 0 Å². The minimum atomic E-state index is -0.655. The predicted molar refractivity (Wildman–Crippen MR) is 134 cm³/mol. The zero-order valence-electron chi connectivity index (χ0n) is 22.4. The smallest absolute Gasteiger partial charge is 0.0776 e. The van der Waals surface area contributed by atoms with Gasteiger partial charge in [-0.25, -0.2) is 0 Å². The molecule has 0 aromatic carbocycles. The minimum absolute atomic E-state index is 0.404. The SMILES string of the molecule is CC[C@]1(O)CC[C@@]2(C)[C@@H](CC[C@@H]3[C@@H]2CC[C@]2(C)[C@@H]([C@H](C)CC[C@H](O)C(C)(C)C#N)CC[C@@H]32)C1. The van der Waals surface area contributed by atoms with E-state index in [0.29, 0.717) is 22.7 Å². The Morgan fingerprint density at radius 2 is 1.67 bits per heavy atom. The molecule has 0 aromatic rings. The third-order valence-corrected chi connectivity index (χ3v) is 12.3. The number of hydrogen-bond acceptors (Lipinski definition) is 3. The van der Waals surface area contributed by atoms with Crippen molar-refractivity contribution in [3.05, 3.63) is 0 Å². The second-order valence-corrected chi connectivity index (χ2v) is 14.1. The summed E-state index contributed by atoms with van der Waals surface area (Å²) >= 11 is 0. The number of aliphatic hydroxyl groups is 2. The highest BCUT2D eigenvalue weighted by atomic mass is 16.3. The molecule has 0 aliphatic heterocycles. The highest BCUT2D eigenvalue weighted by Gasteiger charge is 2.61. The van der Waals surface area contributed by atoms with Gasteiger partial charge in [0.05, 0.1) is 23.2 Å². The van der Waals surface area contributed by atoms with Crippen molar-refractivity contribution in [1.29, 1.82) is 5.26 Å². The summed E-state index contributed by atoms with van der Waals surface area (Å²) in [6.45, 7) is 13.5. The Hall–Kier alpha value is -0.590.